The van der Waals surface area contributed by atoms with E-state index in [2.05, 4.69) is 10.3 Å². The van der Waals surface area contributed by atoms with Crippen LogP contribution in [0.3, 0.4) is 0 Å². The topological polar surface area (TPSA) is 144 Å². The van der Waals surface area contributed by atoms with Crippen LogP contribution in [0.25, 0.3) is 0 Å². The molecule has 0 radical (unpaired) electrons. The Morgan fingerprint density at radius 1 is 1.02 bits per heavy atom. The molecule has 12 nitrogen and oxygen atoms in total. The second kappa shape index (κ2) is 13.0. The van der Waals surface area contributed by atoms with E-state index in [4.69, 9.17) is 25.8 Å². The Kier molecular flexibility index (Phi) is 8.94. The quantitative estimate of drug-likeness (QED) is 0.129. The number of quaternary nitrogens is 1. The first kappa shape index (κ1) is 33.1. The van der Waals surface area contributed by atoms with Crippen molar-refractivity contribution in [2.45, 2.75) is 35.3 Å². The molecule has 1 saturated heterocycles. The molecule has 3 heterocycles. The van der Waals surface area contributed by atoms with E-state index in [1.165, 1.54) is 32.4 Å². The van der Waals surface area contributed by atoms with Crippen molar-refractivity contribution in [1.82, 2.24) is 4.98 Å². The van der Waals surface area contributed by atoms with Crippen LogP contribution < -0.4 is 24.4 Å². The molecule has 2 N–H and O–H groups in total. The van der Waals surface area contributed by atoms with Gasteiger partial charge in [-0.25, -0.2) is 0 Å². The van der Waals surface area contributed by atoms with E-state index < -0.39 is 60.9 Å². The Hall–Kier alpha value is -4.85. The third kappa shape index (κ3) is 5.18. The van der Waals surface area contributed by atoms with Gasteiger partial charge in [-0.3, -0.25) is 9.78 Å². The fourth-order valence-corrected chi connectivity index (χ4v) is 9.52. The van der Waals surface area contributed by atoms with Crippen LogP contribution in [0.1, 0.15) is 30.0 Å². The summed E-state index contributed by atoms with van der Waals surface area (Å²) in [5.74, 6) is -1.29. The number of hydrogen-bond donors (Lipinski definition) is 2. The van der Waals surface area contributed by atoms with E-state index in [1.807, 2.05) is 0 Å². The maximum absolute atomic E-state index is 15.3. The molecule has 0 saturated carbocycles. The van der Waals surface area contributed by atoms with E-state index in [9.17, 15) is 14.7 Å². The monoisotopic (exact) mass is 693 g/mol. The second-order valence-electron chi connectivity index (χ2n) is 11.3. The van der Waals surface area contributed by atoms with Crippen LogP contribution >= 0.6 is 11.6 Å². The summed E-state index contributed by atoms with van der Waals surface area (Å²) < 4.78 is 45.8. The lowest BCUT2D eigenvalue weighted by atomic mass is 9.81. The SMILES string of the molecule is CCOc1ccccc1C1C(C2C(=O)Nc3ccccc32)[N+](C(=O)O)(S(=O)(=O)c2ccc(OC)cc2OC)CC(Cl)N1c1cccnc1. The average Bonchev–Trinajstić information content (AvgIpc) is 3.43. The van der Waals surface area contributed by atoms with Crippen molar-refractivity contribution in [1.29, 1.82) is 0 Å². The maximum Gasteiger partial charge on any atom is 0.530 e. The molecule has 14 heteroatoms. The molecule has 2 amide bonds. The number of amides is 2. The molecule has 2 aliphatic heterocycles. The van der Waals surface area contributed by atoms with E-state index in [0.717, 1.165) is 0 Å². The molecule has 1 fully saturated rings. The van der Waals surface area contributed by atoms with Crippen LogP contribution in [0.15, 0.2) is 96.2 Å². The number of hydrogen-bond acceptors (Lipinski definition) is 9. The third-order valence-corrected chi connectivity index (χ3v) is 11.5. The minimum Gasteiger partial charge on any atom is -0.497 e. The molecule has 6 rings (SSSR count). The molecule has 3 aromatic carbocycles. The predicted molar refractivity (Wildman–Crippen MR) is 178 cm³/mol. The van der Waals surface area contributed by atoms with Crippen molar-refractivity contribution < 1.29 is 41.2 Å². The van der Waals surface area contributed by atoms with Crippen molar-refractivity contribution in [3.8, 4) is 17.2 Å². The van der Waals surface area contributed by atoms with Gasteiger partial charge >= 0.3 is 16.1 Å². The lowest BCUT2D eigenvalue weighted by Gasteiger charge is -2.53. The number of carbonyl (C=O) groups excluding carboxylic acids is 1. The maximum atomic E-state index is 15.3. The van der Waals surface area contributed by atoms with Gasteiger partial charge < -0.3 is 29.5 Å². The summed E-state index contributed by atoms with van der Waals surface area (Å²) in [7, 11) is -2.30. The molecule has 0 bridgehead atoms. The van der Waals surface area contributed by atoms with Gasteiger partial charge in [-0.15, -0.1) is 3.89 Å². The predicted octanol–water partition coefficient (Wildman–Crippen LogP) is 5.61. The number of fused-ring (bicyclic) bond motifs is 1. The first-order chi connectivity index (χ1) is 23.1. The number of halogens is 1. The zero-order chi connectivity index (χ0) is 34.2. The number of piperazine rings is 1. The van der Waals surface area contributed by atoms with Crippen LogP contribution in [0.2, 0.25) is 0 Å². The summed E-state index contributed by atoms with van der Waals surface area (Å²) >= 11 is 7.21. The highest BCUT2D eigenvalue weighted by Crippen LogP contribution is 2.54. The Labute approximate surface area is 283 Å². The number of rotatable bonds is 9. The number of nitrogens with one attached hydrogen (secondary N) is 1. The van der Waals surface area contributed by atoms with Crippen molar-refractivity contribution in [3.05, 3.63) is 102 Å². The fourth-order valence-electron chi connectivity index (χ4n) is 6.90. The highest BCUT2D eigenvalue weighted by Gasteiger charge is 2.69. The lowest BCUT2D eigenvalue weighted by Crippen LogP contribution is -2.74. The molecule has 0 spiro atoms. The van der Waals surface area contributed by atoms with Crippen LogP contribution in [-0.2, 0) is 14.8 Å². The van der Waals surface area contributed by atoms with Crippen LogP contribution in [0.5, 0.6) is 17.2 Å². The number of sulfonamides is 1. The Bertz CT molecular complexity index is 1960. The number of aromatic nitrogens is 1. The van der Waals surface area contributed by atoms with Gasteiger partial charge in [-0.2, -0.15) is 13.2 Å². The Balaban J connectivity index is 1.74. The lowest BCUT2D eigenvalue weighted by molar-refractivity contribution is -0.769. The van der Waals surface area contributed by atoms with Crippen molar-refractivity contribution in [2.75, 3.05) is 37.6 Å². The van der Waals surface area contributed by atoms with Crippen molar-refractivity contribution in [3.63, 3.8) is 0 Å². The number of ether oxygens (including phenoxy) is 3. The third-order valence-electron chi connectivity index (χ3n) is 8.89. The molecular formula is C34H34ClN4O8S+. The highest BCUT2D eigenvalue weighted by molar-refractivity contribution is 7.86. The number of anilines is 2. The summed E-state index contributed by atoms with van der Waals surface area (Å²) in [5.41, 5.74) is 0.601. The zero-order valence-electron chi connectivity index (χ0n) is 26.3. The minimum atomic E-state index is -5.00. The largest absolute Gasteiger partial charge is 0.530 e. The Morgan fingerprint density at radius 2 is 1.75 bits per heavy atom. The van der Waals surface area contributed by atoms with Crippen LogP contribution in [0.4, 0.5) is 16.2 Å². The first-order valence-corrected chi connectivity index (χ1v) is 17.0. The highest BCUT2D eigenvalue weighted by atomic mass is 35.5. The molecule has 5 unspecified atom stereocenters. The molecule has 5 atom stereocenters. The molecule has 4 aromatic rings. The number of benzene rings is 3. The number of carbonyl (C=O) groups is 2. The molecule has 1 aromatic heterocycles. The normalized spacial score (nSPS) is 23.6. The smallest absolute Gasteiger partial charge is 0.497 e. The zero-order valence-corrected chi connectivity index (χ0v) is 27.9. The molecule has 48 heavy (non-hydrogen) atoms. The van der Waals surface area contributed by atoms with Crippen LogP contribution in [-0.4, -0.2) is 73.3 Å². The van der Waals surface area contributed by atoms with Gasteiger partial charge in [0.25, 0.3) is 0 Å². The van der Waals surface area contributed by atoms with Gasteiger partial charge in [-0.05, 0) is 48.9 Å². The van der Waals surface area contributed by atoms with E-state index in [0.29, 0.717) is 34.0 Å². The summed E-state index contributed by atoms with van der Waals surface area (Å²) in [4.78, 5) is 33.8. The summed E-state index contributed by atoms with van der Waals surface area (Å²) in [6.07, 6.45) is 1.42. The molecule has 250 valence electrons. The van der Waals surface area contributed by atoms with E-state index >= 15 is 8.42 Å². The first-order valence-electron chi connectivity index (χ1n) is 15.1. The van der Waals surface area contributed by atoms with Gasteiger partial charge in [0, 0.05) is 23.5 Å². The van der Waals surface area contributed by atoms with E-state index in [1.54, 1.807) is 84.9 Å². The Morgan fingerprint density at radius 3 is 2.42 bits per heavy atom. The second-order valence-corrected chi connectivity index (χ2v) is 13.8. The number of methoxy groups -OCH3 is 2. The molecule has 0 aliphatic carbocycles. The number of alkyl halides is 1. The van der Waals surface area contributed by atoms with Gasteiger partial charge in [-0.1, -0.05) is 48.0 Å². The number of para-hydroxylation sites is 2. The van der Waals surface area contributed by atoms with Gasteiger partial charge in [0.1, 0.15) is 35.8 Å². The van der Waals surface area contributed by atoms with Gasteiger partial charge in [0.2, 0.25) is 5.91 Å². The van der Waals surface area contributed by atoms with Gasteiger partial charge in [0.15, 0.2) is 16.4 Å². The van der Waals surface area contributed by atoms with E-state index in [-0.39, 0.29) is 12.4 Å². The fraction of sp³-hybridized carbons (Fsp3) is 0.265. The minimum absolute atomic E-state index is 0.129. The summed E-state index contributed by atoms with van der Waals surface area (Å²) in [6.45, 7) is 1.41. The van der Waals surface area contributed by atoms with Crippen molar-refractivity contribution >= 4 is 45.0 Å². The number of carboxylic acid groups (broad SMARTS) is 1. The average molecular weight is 694 g/mol. The number of pyridine rings is 1. The van der Waals surface area contributed by atoms with Gasteiger partial charge in [0.05, 0.1) is 32.7 Å². The standard InChI is InChI=1S/C34H33ClN4O8S/c1-4-47-26-14-8-6-12-24(26)31-32(30-23-11-5-7-13-25(23)37-33(30)40)39(34(41)42,20-29(35)38(31)21-10-9-17-36-19-21)48(43,44)28-16-15-22(45-2)18-27(28)46-3/h5-19,29-32H,4,20H2,1-3H3,(H-,37,40,41,42)/p+1. The molecular weight excluding hydrogens is 660 g/mol. The summed E-state index contributed by atoms with van der Waals surface area (Å²) in [6, 6.07) is 18.6. The van der Waals surface area contributed by atoms with Crippen LogP contribution in [0, 0.1) is 0 Å². The molecule has 2 aliphatic rings. The number of nitrogens with zero attached hydrogens (tertiary/aromatic N) is 3. The summed E-state index contributed by atoms with van der Waals surface area (Å²) in [5, 5.41) is 14.3. The van der Waals surface area contributed by atoms with Crippen molar-refractivity contribution in [2.24, 2.45) is 0 Å².